The molecule has 0 unspecified atom stereocenters. The van der Waals surface area contributed by atoms with E-state index < -0.39 is 45.8 Å². The molecular formula is C23H19F3N4O2. The Labute approximate surface area is 181 Å². The van der Waals surface area contributed by atoms with Crippen molar-refractivity contribution in [3.05, 3.63) is 75.1 Å². The van der Waals surface area contributed by atoms with Crippen LogP contribution < -0.4 is 10.9 Å². The molecule has 0 bridgehead atoms. The molecule has 1 aliphatic carbocycles. The van der Waals surface area contributed by atoms with E-state index in [1.165, 1.54) is 25.3 Å². The number of rotatable bonds is 4. The summed E-state index contributed by atoms with van der Waals surface area (Å²) in [6.07, 6.45) is 1.48. The first kappa shape index (κ1) is 21.6. The lowest BCUT2D eigenvalue weighted by Gasteiger charge is -2.23. The molecule has 1 fully saturated rings. The molecule has 4 rings (SSSR count). The van der Waals surface area contributed by atoms with Crippen molar-refractivity contribution >= 4 is 16.8 Å². The summed E-state index contributed by atoms with van der Waals surface area (Å²) in [7, 11) is 0. The number of aromatic amines is 1. The van der Waals surface area contributed by atoms with Crippen LogP contribution in [0.5, 0.6) is 0 Å². The number of fused-ring (bicyclic) bond motifs is 1. The number of nitrogens with zero attached hydrogens (tertiary/aromatic N) is 2. The number of H-pyrrole nitrogens is 1. The Morgan fingerprint density at radius 1 is 1.25 bits per heavy atom. The molecule has 2 N–H and O–H groups in total. The summed E-state index contributed by atoms with van der Waals surface area (Å²) in [5.74, 6) is -3.49. The summed E-state index contributed by atoms with van der Waals surface area (Å²) >= 11 is 0. The molecule has 2 atom stereocenters. The molecule has 1 aliphatic rings. The van der Waals surface area contributed by atoms with Gasteiger partial charge in [0, 0.05) is 17.1 Å². The van der Waals surface area contributed by atoms with Crippen molar-refractivity contribution in [2.45, 2.75) is 38.6 Å². The van der Waals surface area contributed by atoms with Gasteiger partial charge in [0.1, 0.15) is 11.9 Å². The maximum atomic E-state index is 14.4. The van der Waals surface area contributed by atoms with E-state index >= 15 is 0 Å². The topological polar surface area (TPSA) is 98.6 Å². The van der Waals surface area contributed by atoms with Gasteiger partial charge in [-0.25, -0.2) is 13.2 Å². The lowest BCUT2D eigenvalue weighted by Crippen LogP contribution is -2.42. The first-order valence-electron chi connectivity index (χ1n) is 9.90. The smallest absolute Gasteiger partial charge is 0.252 e. The van der Waals surface area contributed by atoms with Crippen LogP contribution in [0.4, 0.5) is 13.2 Å². The van der Waals surface area contributed by atoms with Gasteiger partial charge in [-0.15, -0.1) is 0 Å². The Kier molecular flexibility index (Phi) is 4.84. The third-order valence-electron chi connectivity index (χ3n) is 6.26. The molecule has 6 nitrogen and oxygen atoms in total. The maximum Gasteiger partial charge on any atom is 0.252 e. The fourth-order valence-electron chi connectivity index (χ4n) is 4.34. The van der Waals surface area contributed by atoms with Crippen molar-refractivity contribution in [2.24, 2.45) is 5.41 Å². The molecule has 0 aliphatic heterocycles. The quantitative estimate of drug-likeness (QED) is 0.645. The van der Waals surface area contributed by atoms with E-state index in [0.717, 1.165) is 12.1 Å². The zero-order valence-corrected chi connectivity index (χ0v) is 17.5. The van der Waals surface area contributed by atoms with E-state index in [2.05, 4.69) is 15.3 Å². The minimum atomic E-state index is -1.31. The van der Waals surface area contributed by atoms with Gasteiger partial charge in [0.15, 0.2) is 11.6 Å². The van der Waals surface area contributed by atoms with Gasteiger partial charge >= 0.3 is 0 Å². The van der Waals surface area contributed by atoms with Crippen LogP contribution in [0.15, 0.2) is 35.3 Å². The van der Waals surface area contributed by atoms with Crippen LogP contribution in [0, 0.1) is 34.2 Å². The second kappa shape index (κ2) is 7.19. The highest BCUT2D eigenvalue weighted by Gasteiger charge is 2.68. The summed E-state index contributed by atoms with van der Waals surface area (Å²) in [4.78, 5) is 32.7. The third-order valence-corrected chi connectivity index (χ3v) is 6.26. The monoisotopic (exact) mass is 440 g/mol. The summed E-state index contributed by atoms with van der Waals surface area (Å²) in [5.41, 5.74) is -2.45. The molecule has 1 saturated carbocycles. The third kappa shape index (κ3) is 3.14. The van der Waals surface area contributed by atoms with Crippen LogP contribution in [-0.4, -0.2) is 15.9 Å². The van der Waals surface area contributed by atoms with Gasteiger partial charge in [0.25, 0.3) is 5.56 Å². The number of nitrogens with one attached hydrogen (secondary N) is 2. The fourth-order valence-corrected chi connectivity index (χ4v) is 4.34. The highest BCUT2D eigenvalue weighted by atomic mass is 19.2. The van der Waals surface area contributed by atoms with Crippen molar-refractivity contribution in [1.29, 1.82) is 5.26 Å². The average Bonchev–Trinajstić information content (AvgIpc) is 3.33. The number of carbonyl (C=O) groups excluding carboxylic acids is 1. The molecule has 3 aromatic rings. The Balaban J connectivity index is 1.75. The first-order valence-corrected chi connectivity index (χ1v) is 9.90. The standard InChI is InChI=1S/C23H19F3N4O2/c1-11(19-16(25)6-12(8-27)9-28-19)29-21(32)23(10-22(23,2)3)14-7-13-17(30-20(14)31)5-4-15(24)18(13)26/h4-7,9,11H,10H2,1-3H3,(H,29,32)(H,30,31)/t11-,23-/m1/s1. The van der Waals surface area contributed by atoms with Crippen LogP contribution in [0.2, 0.25) is 0 Å². The van der Waals surface area contributed by atoms with Crippen LogP contribution in [0.25, 0.3) is 10.9 Å². The number of carbonyl (C=O) groups is 1. The van der Waals surface area contributed by atoms with Crippen molar-refractivity contribution in [3.8, 4) is 6.07 Å². The number of aromatic nitrogens is 2. The van der Waals surface area contributed by atoms with E-state index in [0.29, 0.717) is 0 Å². The average molecular weight is 440 g/mol. The summed E-state index contributed by atoms with van der Waals surface area (Å²) < 4.78 is 42.5. The number of hydrogen-bond acceptors (Lipinski definition) is 4. The number of halogens is 3. The lowest BCUT2D eigenvalue weighted by atomic mass is 9.86. The van der Waals surface area contributed by atoms with Gasteiger partial charge in [0.2, 0.25) is 5.91 Å². The van der Waals surface area contributed by atoms with Crippen molar-refractivity contribution in [1.82, 2.24) is 15.3 Å². The normalized spacial score (nSPS) is 19.9. The second-order valence-corrected chi connectivity index (χ2v) is 8.70. The minimum Gasteiger partial charge on any atom is -0.347 e. The molecule has 2 aromatic heterocycles. The summed E-state index contributed by atoms with van der Waals surface area (Å²) in [6, 6.07) is 5.33. The van der Waals surface area contributed by atoms with Crippen LogP contribution in [-0.2, 0) is 10.2 Å². The number of amides is 1. The Morgan fingerprint density at radius 2 is 1.94 bits per heavy atom. The van der Waals surface area contributed by atoms with Gasteiger partial charge in [-0.3, -0.25) is 14.6 Å². The summed E-state index contributed by atoms with van der Waals surface area (Å²) in [5, 5.41) is 11.4. The predicted octanol–water partition coefficient (Wildman–Crippen LogP) is 3.76. The minimum absolute atomic E-state index is 0.0115. The van der Waals surface area contributed by atoms with Crippen LogP contribution in [0.3, 0.4) is 0 Å². The molecule has 1 amide bonds. The van der Waals surface area contributed by atoms with Gasteiger partial charge in [-0.2, -0.15) is 5.26 Å². The maximum absolute atomic E-state index is 14.4. The molecule has 9 heteroatoms. The molecule has 2 heterocycles. The summed E-state index contributed by atoms with van der Waals surface area (Å²) in [6.45, 7) is 5.09. The van der Waals surface area contributed by atoms with Gasteiger partial charge in [-0.05, 0) is 43.0 Å². The highest BCUT2D eigenvalue weighted by molar-refractivity contribution is 5.94. The lowest BCUT2D eigenvalue weighted by molar-refractivity contribution is -0.125. The Hall–Kier alpha value is -3.67. The molecule has 0 radical (unpaired) electrons. The van der Waals surface area contributed by atoms with Gasteiger partial charge in [-0.1, -0.05) is 13.8 Å². The van der Waals surface area contributed by atoms with Crippen LogP contribution in [0.1, 0.15) is 50.1 Å². The van der Waals surface area contributed by atoms with E-state index in [-0.39, 0.29) is 34.1 Å². The van der Waals surface area contributed by atoms with Crippen LogP contribution >= 0.6 is 0 Å². The van der Waals surface area contributed by atoms with Crippen molar-refractivity contribution in [3.63, 3.8) is 0 Å². The SMILES string of the molecule is C[C@@H](NC(=O)[C@]1(c2cc3c(F)c(F)ccc3[nH]c2=O)CC1(C)C)c1ncc(C#N)cc1F. The second-order valence-electron chi connectivity index (χ2n) is 8.70. The predicted molar refractivity (Wildman–Crippen MR) is 110 cm³/mol. The van der Waals surface area contributed by atoms with E-state index in [9.17, 15) is 22.8 Å². The van der Waals surface area contributed by atoms with Gasteiger partial charge in [0.05, 0.1) is 28.2 Å². The molecular weight excluding hydrogens is 421 g/mol. The Bertz CT molecular complexity index is 1380. The van der Waals surface area contributed by atoms with E-state index in [1.54, 1.807) is 19.9 Å². The number of nitriles is 1. The molecule has 1 aromatic carbocycles. The fraction of sp³-hybridized carbons (Fsp3) is 0.304. The van der Waals surface area contributed by atoms with Crippen molar-refractivity contribution in [2.75, 3.05) is 0 Å². The zero-order chi connectivity index (χ0) is 23.4. The number of hydrogen-bond donors (Lipinski definition) is 2. The van der Waals surface area contributed by atoms with E-state index in [1.807, 2.05) is 0 Å². The van der Waals surface area contributed by atoms with Crippen molar-refractivity contribution < 1.29 is 18.0 Å². The van der Waals surface area contributed by atoms with Gasteiger partial charge < -0.3 is 10.3 Å². The first-order chi connectivity index (χ1) is 15.0. The molecule has 0 saturated heterocycles. The highest BCUT2D eigenvalue weighted by Crippen LogP contribution is 2.64. The molecule has 32 heavy (non-hydrogen) atoms. The number of benzene rings is 1. The molecule has 164 valence electrons. The largest absolute Gasteiger partial charge is 0.347 e. The molecule has 0 spiro atoms. The van der Waals surface area contributed by atoms with E-state index in [4.69, 9.17) is 5.26 Å². The number of pyridine rings is 2. The zero-order valence-electron chi connectivity index (χ0n) is 17.5. The Morgan fingerprint density at radius 3 is 2.53 bits per heavy atom.